The number of ether oxygens (including phenoxy) is 2. The smallest absolute Gasteiger partial charge is 0.407 e. The highest BCUT2D eigenvalue weighted by Crippen LogP contribution is 2.27. The summed E-state index contributed by atoms with van der Waals surface area (Å²) in [5.41, 5.74) is 6.55. The number of para-hydroxylation sites is 1. The maximum atomic E-state index is 12.0. The maximum absolute atomic E-state index is 12.0. The Bertz CT molecular complexity index is 1580. The van der Waals surface area contributed by atoms with Crippen molar-refractivity contribution in [1.29, 1.82) is 0 Å². The Morgan fingerprint density at radius 2 is 1.57 bits per heavy atom. The molecule has 1 aliphatic heterocycles. The third-order valence-corrected chi connectivity index (χ3v) is 7.55. The minimum Gasteiger partial charge on any atom is -0.488 e. The Balaban J connectivity index is 1.28. The predicted molar refractivity (Wildman–Crippen MR) is 185 cm³/mol. The molecular formula is C36H45N7O3. The number of hydrogen-bond acceptors (Lipinski definition) is 9. The van der Waals surface area contributed by atoms with E-state index < -0.39 is 11.7 Å². The normalized spacial score (nSPS) is 13.2. The fourth-order valence-corrected chi connectivity index (χ4v) is 5.18. The summed E-state index contributed by atoms with van der Waals surface area (Å²) in [4.78, 5) is 23.8. The topological polar surface area (TPSA) is 113 Å². The van der Waals surface area contributed by atoms with Crippen molar-refractivity contribution in [2.45, 2.75) is 53.2 Å². The van der Waals surface area contributed by atoms with Gasteiger partial charge in [-0.05, 0) is 94.1 Å². The van der Waals surface area contributed by atoms with Gasteiger partial charge >= 0.3 is 6.09 Å². The van der Waals surface area contributed by atoms with E-state index >= 15 is 0 Å². The van der Waals surface area contributed by atoms with Crippen LogP contribution in [0.5, 0.6) is 5.75 Å². The van der Waals surface area contributed by atoms with Gasteiger partial charge < -0.3 is 35.6 Å². The Morgan fingerprint density at radius 3 is 2.24 bits per heavy atom. The zero-order chi connectivity index (χ0) is 32.5. The van der Waals surface area contributed by atoms with Crippen molar-refractivity contribution < 1.29 is 14.3 Å². The number of carbonyl (C=O) groups excluding carboxylic acids is 1. The third-order valence-electron chi connectivity index (χ3n) is 7.55. The molecule has 0 atom stereocenters. The minimum absolute atomic E-state index is 0.308. The molecule has 242 valence electrons. The molecule has 0 saturated carbocycles. The Kier molecular flexibility index (Phi) is 10.6. The molecule has 0 unspecified atom stereocenters. The standard InChI is InChI=1S/C36H45N7O3/c1-25-7-6-8-26(2)32(25)45-24-28-23-39-34(41-30-13-15-31(16-14-30)43-21-19-37-20-22-43)42-33(28)40-29-11-9-27(10-12-29)17-18-38-35(44)46-36(3,4)5/h6-16,23,37H,17-22,24H2,1-5H3,(H,38,44)(H2,39,40,41,42). The Hall–Kier alpha value is -4.83. The molecule has 3 aromatic carbocycles. The van der Waals surface area contributed by atoms with Crippen LogP contribution in [0.1, 0.15) is 43.0 Å². The van der Waals surface area contributed by atoms with E-state index in [9.17, 15) is 4.79 Å². The molecule has 0 aliphatic carbocycles. The molecular weight excluding hydrogens is 578 g/mol. The van der Waals surface area contributed by atoms with Crippen LogP contribution >= 0.6 is 0 Å². The van der Waals surface area contributed by atoms with Gasteiger partial charge in [-0.2, -0.15) is 4.98 Å². The summed E-state index contributed by atoms with van der Waals surface area (Å²) < 4.78 is 11.6. The molecule has 46 heavy (non-hydrogen) atoms. The van der Waals surface area contributed by atoms with Crippen LogP contribution in [0, 0.1) is 13.8 Å². The molecule has 0 bridgehead atoms. The minimum atomic E-state index is -0.522. The Labute approximate surface area is 271 Å². The summed E-state index contributed by atoms with van der Waals surface area (Å²) in [5.74, 6) is 2.00. The highest BCUT2D eigenvalue weighted by Gasteiger charge is 2.16. The molecule has 10 nitrogen and oxygen atoms in total. The van der Waals surface area contributed by atoms with E-state index in [-0.39, 0.29) is 0 Å². The van der Waals surface area contributed by atoms with Gasteiger partial charge in [0.05, 0.1) is 5.56 Å². The summed E-state index contributed by atoms with van der Waals surface area (Å²) in [6.07, 6.45) is 2.07. The van der Waals surface area contributed by atoms with Crippen molar-refractivity contribution in [3.63, 3.8) is 0 Å². The molecule has 2 heterocycles. The van der Waals surface area contributed by atoms with Crippen LogP contribution in [0.4, 0.5) is 33.6 Å². The molecule has 1 aliphatic rings. The summed E-state index contributed by atoms with van der Waals surface area (Å²) >= 11 is 0. The fourth-order valence-electron chi connectivity index (χ4n) is 5.18. The number of carbonyl (C=O) groups is 1. The van der Waals surface area contributed by atoms with Crippen molar-refractivity contribution in [2.24, 2.45) is 0 Å². The number of aromatic nitrogens is 2. The number of piperazine rings is 1. The van der Waals surface area contributed by atoms with Crippen molar-refractivity contribution in [3.05, 3.63) is 95.2 Å². The first-order valence-electron chi connectivity index (χ1n) is 15.8. The van der Waals surface area contributed by atoms with Gasteiger partial charge in [0, 0.05) is 56.0 Å². The molecule has 10 heteroatoms. The first kappa shape index (κ1) is 32.6. The summed E-state index contributed by atoms with van der Waals surface area (Å²) in [6.45, 7) is 14.4. The van der Waals surface area contributed by atoms with E-state index in [1.165, 1.54) is 5.69 Å². The van der Waals surface area contributed by atoms with Gasteiger partial charge in [-0.25, -0.2) is 9.78 Å². The molecule has 4 N–H and O–H groups in total. The number of nitrogens with one attached hydrogen (secondary N) is 4. The second-order valence-corrected chi connectivity index (χ2v) is 12.5. The fraction of sp³-hybridized carbons (Fsp3) is 0.361. The first-order chi connectivity index (χ1) is 22.1. The molecule has 1 saturated heterocycles. The van der Waals surface area contributed by atoms with E-state index in [0.29, 0.717) is 31.3 Å². The van der Waals surface area contributed by atoms with Crippen molar-refractivity contribution >= 4 is 34.9 Å². The lowest BCUT2D eigenvalue weighted by molar-refractivity contribution is 0.0528. The monoisotopic (exact) mass is 623 g/mol. The zero-order valence-corrected chi connectivity index (χ0v) is 27.4. The van der Waals surface area contributed by atoms with E-state index in [2.05, 4.69) is 55.4 Å². The van der Waals surface area contributed by atoms with Crippen LogP contribution in [0.2, 0.25) is 0 Å². The third kappa shape index (κ3) is 9.34. The summed E-state index contributed by atoms with van der Waals surface area (Å²) in [5, 5.41) is 13.0. The average molecular weight is 624 g/mol. The number of aryl methyl sites for hydroxylation is 2. The van der Waals surface area contributed by atoms with Gasteiger partial charge in [0.1, 0.15) is 23.8 Å². The highest BCUT2D eigenvalue weighted by atomic mass is 16.6. The van der Waals surface area contributed by atoms with Crippen LogP contribution in [0.3, 0.4) is 0 Å². The van der Waals surface area contributed by atoms with Crippen LogP contribution in [-0.2, 0) is 17.8 Å². The number of benzene rings is 3. The van der Waals surface area contributed by atoms with Crippen LogP contribution in [-0.4, -0.2) is 54.4 Å². The predicted octanol–water partition coefficient (Wildman–Crippen LogP) is 6.64. The lowest BCUT2D eigenvalue weighted by atomic mass is 10.1. The van der Waals surface area contributed by atoms with Gasteiger partial charge in [0.25, 0.3) is 0 Å². The number of nitrogens with zero attached hydrogens (tertiary/aromatic N) is 3. The number of amides is 1. The van der Waals surface area contributed by atoms with Gasteiger partial charge in [-0.1, -0.05) is 30.3 Å². The lowest BCUT2D eigenvalue weighted by Gasteiger charge is -2.29. The number of rotatable bonds is 11. The molecule has 1 aromatic heterocycles. The van der Waals surface area contributed by atoms with Gasteiger partial charge in [-0.3, -0.25) is 0 Å². The second-order valence-electron chi connectivity index (χ2n) is 12.5. The van der Waals surface area contributed by atoms with Crippen LogP contribution in [0.25, 0.3) is 0 Å². The second kappa shape index (κ2) is 15.0. The maximum Gasteiger partial charge on any atom is 0.407 e. The van der Waals surface area contributed by atoms with Crippen LogP contribution in [0.15, 0.2) is 72.9 Å². The molecule has 5 rings (SSSR count). The van der Waals surface area contributed by atoms with Crippen molar-refractivity contribution in [1.82, 2.24) is 20.6 Å². The number of anilines is 5. The van der Waals surface area contributed by atoms with E-state index in [4.69, 9.17) is 14.5 Å². The van der Waals surface area contributed by atoms with Gasteiger partial charge in [-0.15, -0.1) is 0 Å². The van der Waals surface area contributed by atoms with Crippen LogP contribution < -0.4 is 30.9 Å². The van der Waals surface area contributed by atoms with Crippen molar-refractivity contribution in [2.75, 3.05) is 48.3 Å². The van der Waals surface area contributed by atoms with Crippen molar-refractivity contribution in [3.8, 4) is 5.75 Å². The molecule has 0 spiro atoms. The Morgan fingerprint density at radius 1 is 0.913 bits per heavy atom. The quantitative estimate of drug-likeness (QED) is 0.146. The van der Waals surface area contributed by atoms with E-state index in [1.807, 2.05) is 77.1 Å². The molecule has 1 fully saturated rings. The SMILES string of the molecule is Cc1cccc(C)c1OCc1cnc(Nc2ccc(N3CCNCC3)cc2)nc1Nc1ccc(CCNC(=O)OC(C)(C)C)cc1. The summed E-state index contributed by atoms with van der Waals surface area (Å²) in [6, 6.07) is 22.6. The number of hydrogen-bond donors (Lipinski definition) is 4. The molecule has 1 amide bonds. The molecule has 4 aromatic rings. The molecule has 0 radical (unpaired) electrons. The first-order valence-corrected chi connectivity index (χ1v) is 15.8. The lowest BCUT2D eigenvalue weighted by Crippen LogP contribution is -2.43. The van der Waals surface area contributed by atoms with E-state index in [1.54, 1.807) is 6.20 Å². The highest BCUT2D eigenvalue weighted by molar-refractivity contribution is 5.67. The van der Waals surface area contributed by atoms with Gasteiger partial charge in [0.2, 0.25) is 5.95 Å². The number of alkyl carbamates (subject to hydrolysis) is 1. The van der Waals surface area contributed by atoms with Gasteiger partial charge in [0.15, 0.2) is 0 Å². The van der Waals surface area contributed by atoms with E-state index in [0.717, 1.165) is 65.6 Å². The zero-order valence-electron chi connectivity index (χ0n) is 27.4. The summed E-state index contributed by atoms with van der Waals surface area (Å²) in [7, 11) is 0. The average Bonchev–Trinajstić information content (AvgIpc) is 3.02. The largest absolute Gasteiger partial charge is 0.488 e.